The van der Waals surface area contributed by atoms with E-state index in [0.717, 1.165) is 22.5 Å². The summed E-state index contributed by atoms with van der Waals surface area (Å²) in [5.41, 5.74) is 1.69. The Bertz CT molecular complexity index is 622. The van der Waals surface area contributed by atoms with Crippen LogP contribution in [0.3, 0.4) is 0 Å². The normalized spacial score (nSPS) is 25.3. The van der Waals surface area contributed by atoms with Gasteiger partial charge in [0.2, 0.25) is 11.8 Å². The summed E-state index contributed by atoms with van der Waals surface area (Å²) in [6.45, 7) is -0.218. The maximum atomic E-state index is 10.6. The van der Waals surface area contributed by atoms with Crippen LogP contribution in [0.4, 0.5) is 0 Å². The van der Waals surface area contributed by atoms with E-state index in [1.807, 2.05) is 48.6 Å². The Balaban J connectivity index is 2.10. The molecule has 1 unspecified atom stereocenters. The first-order valence-corrected chi connectivity index (χ1v) is 8.09. The van der Waals surface area contributed by atoms with Crippen LogP contribution in [0.15, 0.2) is 54.1 Å². The van der Waals surface area contributed by atoms with E-state index < -0.39 is 17.9 Å². The molecule has 1 aliphatic carbocycles. The van der Waals surface area contributed by atoms with Gasteiger partial charge in [0.05, 0.1) is 19.1 Å². The Morgan fingerprint density at radius 2 is 1.62 bits per heavy atom. The molecular formula is C18H24N2O4. The fraction of sp³-hybridized carbons (Fsp3) is 0.444. The highest BCUT2D eigenvalue weighted by atomic mass is 16.6. The van der Waals surface area contributed by atoms with Crippen molar-refractivity contribution in [3.63, 3.8) is 0 Å². The van der Waals surface area contributed by atoms with Crippen LogP contribution in [-0.4, -0.2) is 62.2 Å². The second kappa shape index (κ2) is 6.40. The van der Waals surface area contributed by atoms with Crippen molar-refractivity contribution in [2.75, 3.05) is 20.1 Å². The molecule has 2 aliphatic rings. The zero-order chi connectivity index (χ0) is 17.4. The van der Waals surface area contributed by atoms with Crippen molar-refractivity contribution >= 4 is 0 Å². The number of allylic oxidation sites excluding steroid dienone is 3. The highest BCUT2D eigenvalue weighted by molar-refractivity contribution is 5.33. The maximum absolute atomic E-state index is 10.6. The molecule has 1 saturated heterocycles. The average molecular weight is 332 g/mol. The van der Waals surface area contributed by atoms with Crippen LogP contribution >= 0.6 is 0 Å². The number of piperazine rings is 1. The van der Waals surface area contributed by atoms with Crippen LogP contribution in [0.2, 0.25) is 0 Å². The first kappa shape index (κ1) is 17.3. The molecule has 0 aromatic heterocycles. The van der Waals surface area contributed by atoms with Gasteiger partial charge in [0.25, 0.3) is 0 Å². The predicted octanol–water partition coefficient (Wildman–Crippen LogP) is 0.528. The van der Waals surface area contributed by atoms with Gasteiger partial charge in [-0.25, -0.2) is 0 Å². The van der Waals surface area contributed by atoms with Crippen LogP contribution in [0.25, 0.3) is 0 Å². The molecule has 4 N–H and O–H groups in total. The summed E-state index contributed by atoms with van der Waals surface area (Å²) in [5, 5.41) is 42.3. The lowest BCUT2D eigenvalue weighted by Gasteiger charge is -2.53. The molecule has 0 radical (unpaired) electrons. The van der Waals surface area contributed by atoms with Gasteiger partial charge in [-0.05, 0) is 31.0 Å². The smallest absolute Gasteiger partial charge is 0.243 e. The van der Waals surface area contributed by atoms with Crippen LogP contribution in [0.5, 0.6) is 0 Å². The molecule has 0 bridgehead atoms. The molecular weight excluding hydrogens is 308 g/mol. The quantitative estimate of drug-likeness (QED) is 0.604. The summed E-state index contributed by atoms with van der Waals surface area (Å²) in [5.74, 6) is -4.75. The van der Waals surface area contributed by atoms with Crippen LogP contribution in [0, 0.1) is 0 Å². The highest BCUT2D eigenvalue weighted by Gasteiger charge is 2.54. The molecule has 0 spiro atoms. The van der Waals surface area contributed by atoms with Crippen molar-refractivity contribution in [1.29, 1.82) is 0 Å². The van der Waals surface area contributed by atoms with Gasteiger partial charge in [0.1, 0.15) is 0 Å². The zero-order valence-electron chi connectivity index (χ0n) is 13.7. The number of likely N-dealkylation sites (N-methyl/N-ethyl adjacent to an activating group) is 1. The third-order valence-corrected chi connectivity index (χ3v) is 4.51. The van der Waals surface area contributed by atoms with Crippen molar-refractivity contribution in [2.45, 2.75) is 30.7 Å². The van der Waals surface area contributed by atoms with E-state index in [0.29, 0.717) is 6.42 Å². The molecule has 6 nitrogen and oxygen atoms in total. The molecule has 130 valence electrons. The third-order valence-electron chi connectivity index (χ3n) is 4.51. The van der Waals surface area contributed by atoms with Crippen molar-refractivity contribution < 1.29 is 20.4 Å². The van der Waals surface area contributed by atoms with E-state index in [-0.39, 0.29) is 13.1 Å². The summed E-state index contributed by atoms with van der Waals surface area (Å²) in [6.07, 6.45) is 7.40. The summed E-state index contributed by atoms with van der Waals surface area (Å²) >= 11 is 0. The first-order chi connectivity index (χ1) is 11.3. The second-order valence-electron chi connectivity index (χ2n) is 6.61. The van der Waals surface area contributed by atoms with Gasteiger partial charge in [-0.15, -0.1) is 0 Å². The number of aliphatic hydroxyl groups is 4. The van der Waals surface area contributed by atoms with Gasteiger partial charge < -0.3 is 20.4 Å². The predicted molar refractivity (Wildman–Crippen MR) is 89.3 cm³/mol. The van der Waals surface area contributed by atoms with Gasteiger partial charge in [-0.2, -0.15) is 4.90 Å². The minimum atomic E-state index is -2.38. The minimum absolute atomic E-state index is 0.109. The van der Waals surface area contributed by atoms with Crippen LogP contribution in [-0.2, 0) is 0 Å². The highest BCUT2D eigenvalue weighted by Crippen LogP contribution is 2.41. The number of hydrogen-bond acceptors (Lipinski definition) is 6. The van der Waals surface area contributed by atoms with Gasteiger partial charge in [-0.3, -0.25) is 4.90 Å². The average Bonchev–Trinajstić information content (AvgIpc) is 2.51. The van der Waals surface area contributed by atoms with E-state index in [2.05, 4.69) is 0 Å². The molecule has 0 saturated carbocycles. The number of hydrogen-bond donors (Lipinski definition) is 4. The van der Waals surface area contributed by atoms with Gasteiger partial charge in [0, 0.05) is 0 Å². The van der Waals surface area contributed by atoms with Crippen molar-refractivity contribution in [3.05, 3.63) is 59.7 Å². The van der Waals surface area contributed by atoms with E-state index >= 15 is 0 Å². The molecule has 1 fully saturated rings. The Kier molecular flexibility index (Phi) is 4.61. The van der Waals surface area contributed by atoms with Crippen molar-refractivity contribution in [3.8, 4) is 0 Å². The summed E-state index contributed by atoms with van der Waals surface area (Å²) in [6, 6.07) is 8.64. The standard InChI is InChI=1S/C18H24N2O4/c1-19-12-17(21,22)20(18(23,24)13-19)16(14-8-4-2-5-9-14)15-10-6-3-7-11-15/h2-6,8-10,16,21-24H,7,11-13H2,1H3. The summed E-state index contributed by atoms with van der Waals surface area (Å²) < 4.78 is 0. The van der Waals surface area contributed by atoms with E-state index in [9.17, 15) is 20.4 Å². The topological polar surface area (TPSA) is 87.4 Å². The SMILES string of the molecule is CN1CC(O)(O)N(C(C2=CC=CCC2)c2ccccc2)C(O)(O)C1. The fourth-order valence-electron chi connectivity index (χ4n) is 3.65. The van der Waals surface area contributed by atoms with E-state index in [1.165, 1.54) is 4.90 Å². The van der Waals surface area contributed by atoms with Gasteiger partial charge in [0.15, 0.2) is 0 Å². The lowest BCUT2D eigenvalue weighted by atomic mass is 9.89. The molecule has 6 heteroatoms. The van der Waals surface area contributed by atoms with Crippen molar-refractivity contribution in [2.24, 2.45) is 0 Å². The van der Waals surface area contributed by atoms with Crippen LogP contribution < -0.4 is 0 Å². The number of benzene rings is 1. The van der Waals surface area contributed by atoms with Crippen molar-refractivity contribution in [1.82, 2.24) is 9.80 Å². The molecule has 1 aliphatic heterocycles. The number of nitrogens with zero attached hydrogens (tertiary/aromatic N) is 2. The Hall–Kier alpha value is -1.54. The molecule has 3 rings (SSSR count). The second-order valence-corrected chi connectivity index (χ2v) is 6.61. The summed E-state index contributed by atoms with van der Waals surface area (Å²) in [7, 11) is 1.61. The Morgan fingerprint density at radius 3 is 2.17 bits per heavy atom. The summed E-state index contributed by atoms with van der Waals surface area (Å²) in [4.78, 5) is 2.48. The van der Waals surface area contributed by atoms with E-state index in [4.69, 9.17) is 0 Å². The number of rotatable bonds is 3. The van der Waals surface area contributed by atoms with Gasteiger partial charge in [-0.1, -0.05) is 48.6 Å². The Labute approximate surface area is 141 Å². The third kappa shape index (κ3) is 3.30. The largest absolute Gasteiger partial charge is 0.352 e. The maximum Gasteiger partial charge on any atom is 0.243 e. The van der Waals surface area contributed by atoms with Gasteiger partial charge >= 0.3 is 0 Å². The lowest BCUT2D eigenvalue weighted by molar-refractivity contribution is -0.420. The first-order valence-electron chi connectivity index (χ1n) is 8.09. The molecule has 1 heterocycles. The molecule has 1 atom stereocenters. The monoisotopic (exact) mass is 332 g/mol. The molecule has 1 aromatic rings. The minimum Gasteiger partial charge on any atom is -0.352 e. The molecule has 24 heavy (non-hydrogen) atoms. The lowest BCUT2D eigenvalue weighted by Crippen LogP contribution is -2.73. The zero-order valence-corrected chi connectivity index (χ0v) is 13.7. The van der Waals surface area contributed by atoms with E-state index in [1.54, 1.807) is 7.05 Å². The van der Waals surface area contributed by atoms with Crippen LogP contribution in [0.1, 0.15) is 24.4 Å². The number of β-amino-alcohol motifs (C(OH)–C–C–N with tert-alkyl or cyclic N) is 4. The Morgan fingerprint density at radius 1 is 1.00 bits per heavy atom. The fourth-order valence-corrected chi connectivity index (χ4v) is 3.65. The molecule has 0 amide bonds. The molecule has 1 aromatic carbocycles.